The van der Waals surface area contributed by atoms with Crippen LogP contribution in [0.25, 0.3) is 0 Å². The highest BCUT2D eigenvalue weighted by molar-refractivity contribution is 7.93. The lowest BCUT2D eigenvalue weighted by Gasteiger charge is -2.12. The van der Waals surface area contributed by atoms with Gasteiger partial charge in [0.15, 0.2) is 0 Å². The Bertz CT molecular complexity index is 290. The molecule has 0 fully saturated rings. The molecule has 7 heteroatoms. The topological polar surface area (TPSA) is 81.4 Å². The van der Waals surface area contributed by atoms with Crippen molar-refractivity contribution in [2.75, 3.05) is 20.3 Å². The van der Waals surface area contributed by atoms with Crippen LogP contribution in [-0.2, 0) is 14.8 Å². The molecule has 0 aliphatic rings. The Balaban J connectivity index is 3.90. The molecule has 15 heavy (non-hydrogen) atoms. The van der Waals surface area contributed by atoms with Crippen molar-refractivity contribution in [1.29, 1.82) is 0 Å². The highest BCUT2D eigenvalue weighted by Gasteiger charge is 2.22. The lowest BCUT2D eigenvalue weighted by atomic mass is 10.3. The maximum absolute atomic E-state index is 11.5. The number of nitrogens with one attached hydrogen (secondary N) is 1. The molecule has 0 aromatic carbocycles. The summed E-state index contributed by atoms with van der Waals surface area (Å²) in [4.78, 5) is -0.0145. The van der Waals surface area contributed by atoms with Gasteiger partial charge in [-0.05, 0) is 19.8 Å². The van der Waals surface area contributed by atoms with Crippen LogP contribution in [0, 0.1) is 0 Å². The minimum absolute atomic E-state index is 0.0145. The summed E-state index contributed by atoms with van der Waals surface area (Å²) >= 11 is 4.63. The van der Waals surface area contributed by atoms with Crippen molar-refractivity contribution in [2.24, 2.45) is 5.73 Å². The van der Waals surface area contributed by atoms with E-state index in [1.54, 1.807) is 7.11 Å². The summed E-state index contributed by atoms with van der Waals surface area (Å²) in [6.45, 7) is 2.49. The Morgan fingerprint density at radius 1 is 1.53 bits per heavy atom. The second kappa shape index (κ2) is 7.10. The molecule has 0 aromatic heterocycles. The van der Waals surface area contributed by atoms with E-state index in [0.29, 0.717) is 13.2 Å². The summed E-state index contributed by atoms with van der Waals surface area (Å²) in [5.41, 5.74) is 5.27. The first-order valence-electron chi connectivity index (χ1n) is 4.68. The van der Waals surface area contributed by atoms with Crippen LogP contribution >= 0.6 is 12.2 Å². The molecule has 0 heterocycles. The Morgan fingerprint density at radius 2 is 2.13 bits per heavy atom. The van der Waals surface area contributed by atoms with Crippen LogP contribution in [0.2, 0.25) is 0 Å². The molecule has 1 atom stereocenters. The van der Waals surface area contributed by atoms with Gasteiger partial charge in [-0.1, -0.05) is 12.2 Å². The van der Waals surface area contributed by atoms with E-state index < -0.39 is 15.3 Å². The molecule has 0 rings (SSSR count). The predicted octanol–water partition coefficient (Wildman–Crippen LogP) is 0.00700. The summed E-state index contributed by atoms with van der Waals surface area (Å²) in [7, 11) is -1.79. The molecule has 0 spiro atoms. The lowest BCUT2D eigenvalue weighted by Crippen LogP contribution is -2.40. The van der Waals surface area contributed by atoms with Crippen LogP contribution in [0.5, 0.6) is 0 Å². The molecule has 5 nitrogen and oxygen atoms in total. The molecule has 1 unspecified atom stereocenters. The van der Waals surface area contributed by atoms with Crippen molar-refractivity contribution in [3.05, 3.63) is 0 Å². The minimum Gasteiger partial charge on any atom is -0.392 e. The van der Waals surface area contributed by atoms with Gasteiger partial charge in [0.1, 0.15) is 5.25 Å². The molecular formula is C8H18N2O3S2. The summed E-state index contributed by atoms with van der Waals surface area (Å²) in [5, 5.41) is -0.824. The number of thiocarbonyl (C=S) groups is 1. The molecule has 0 saturated heterocycles. The first-order chi connectivity index (χ1) is 6.91. The fourth-order valence-electron chi connectivity index (χ4n) is 0.864. The van der Waals surface area contributed by atoms with Crippen molar-refractivity contribution in [2.45, 2.75) is 25.0 Å². The number of sulfonamides is 1. The zero-order chi connectivity index (χ0) is 11.9. The highest BCUT2D eigenvalue weighted by Crippen LogP contribution is 1.99. The number of ether oxygens (including phenoxy) is 1. The van der Waals surface area contributed by atoms with E-state index in [1.165, 1.54) is 6.92 Å². The molecule has 0 radical (unpaired) electrons. The van der Waals surface area contributed by atoms with Gasteiger partial charge >= 0.3 is 0 Å². The van der Waals surface area contributed by atoms with Gasteiger partial charge in [0.25, 0.3) is 0 Å². The van der Waals surface area contributed by atoms with Crippen LogP contribution in [0.3, 0.4) is 0 Å². The van der Waals surface area contributed by atoms with E-state index in [9.17, 15) is 8.42 Å². The third kappa shape index (κ3) is 6.03. The summed E-state index contributed by atoms with van der Waals surface area (Å²) in [6.07, 6.45) is 1.55. The normalized spacial score (nSPS) is 13.7. The third-order valence-corrected chi connectivity index (χ3v) is 4.24. The monoisotopic (exact) mass is 254 g/mol. The Labute approximate surface area is 96.4 Å². The third-order valence-electron chi connectivity index (χ3n) is 1.94. The van der Waals surface area contributed by atoms with Crippen LogP contribution in [0.4, 0.5) is 0 Å². The van der Waals surface area contributed by atoms with Crippen molar-refractivity contribution in [1.82, 2.24) is 4.72 Å². The summed E-state index contributed by atoms with van der Waals surface area (Å²) < 4.78 is 30.3. The quantitative estimate of drug-likeness (QED) is 0.471. The standard InChI is InChI=1S/C8H18N2O3S2/c1-7(8(9)14)15(11,12)10-5-3-4-6-13-2/h7,10H,3-6H2,1-2H3,(H2,9,14). The van der Waals surface area contributed by atoms with E-state index in [-0.39, 0.29) is 4.99 Å². The fraction of sp³-hybridized carbons (Fsp3) is 0.875. The average molecular weight is 254 g/mol. The van der Waals surface area contributed by atoms with E-state index >= 15 is 0 Å². The first kappa shape index (κ1) is 14.8. The molecule has 0 aliphatic heterocycles. The maximum atomic E-state index is 11.5. The number of methoxy groups -OCH3 is 1. The van der Waals surface area contributed by atoms with Gasteiger partial charge in [-0.3, -0.25) is 0 Å². The van der Waals surface area contributed by atoms with Crippen LogP contribution in [0.1, 0.15) is 19.8 Å². The fourth-order valence-corrected chi connectivity index (χ4v) is 2.23. The van der Waals surface area contributed by atoms with Crippen molar-refractivity contribution >= 4 is 27.2 Å². The van der Waals surface area contributed by atoms with E-state index in [4.69, 9.17) is 10.5 Å². The molecular weight excluding hydrogens is 236 g/mol. The Kier molecular flexibility index (Phi) is 6.99. The predicted molar refractivity (Wildman–Crippen MR) is 64.3 cm³/mol. The van der Waals surface area contributed by atoms with Gasteiger partial charge in [0.05, 0.1) is 4.99 Å². The molecule has 90 valence electrons. The van der Waals surface area contributed by atoms with Gasteiger partial charge in [0.2, 0.25) is 10.0 Å². The maximum Gasteiger partial charge on any atom is 0.220 e. The van der Waals surface area contributed by atoms with Gasteiger partial charge in [-0.25, -0.2) is 13.1 Å². The van der Waals surface area contributed by atoms with Crippen molar-refractivity contribution in [3.8, 4) is 0 Å². The molecule has 0 aromatic rings. The van der Waals surface area contributed by atoms with Gasteiger partial charge in [0, 0.05) is 20.3 Å². The molecule has 0 bridgehead atoms. The number of rotatable bonds is 8. The molecule has 0 amide bonds. The van der Waals surface area contributed by atoms with E-state index in [2.05, 4.69) is 16.9 Å². The zero-order valence-electron chi connectivity index (χ0n) is 9.02. The van der Waals surface area contributed by atoms with Crippen LogP contribution in [-0.4, -0.2) is 38.9 Å². The zero-order valence-corrected chi connectivity index (χ0v) is 10.7. The number of hydrogen-bond donors (Lipinski definition) is 2. The number of nitrogens with two attached hydrogens (primary N) is 1. The first-order valence-corrected chi connectivity index (χ1v) is 6.64. The highest BCUT2D eigenvalue weighted by atomic mass is 32.2. The largest absolute Gasteiger partial charge is 0.392 e. The second-order valence-electron chi connectivity index (χ2n) is 3.18. The van der Waals surface area contributed by atoms with E-state index in [0.717, 1.165) is 12.8 Å². The number of hydrogen-bond acceptors (Lipinski definition) is 4. The molecule has 0 aliphatic carbocycles. The Hall–Kier alpha value is -0.240. The minimum atomic E-state index is -3.40. The van der Waals surface area contributed by atoms with Crippen LogP contribution < -0.4 is 10.5 Å². The lowest BCUT2D eigenvalue weighted by molar-refractivity contribution is 0.193. The van der Waals surface area contributed by atoms with Crippen molar-refractivity contribution in [3.63, 3.8) is 0 Å². The summed E-state index contributed by atoms with van der Waals surface area (Å²) in [6, 6.07) is 0. The second-order valence-corrected chi connectivity index (χ2v) is 5.74. The van der Waals surface area contributed by atoms with E-state index in [1.807, 2.05) is 0 Å². The van der Waals surface area contributed by atoms with Crippen LogP contribution in [0.15, 0.2) is 0 Å². The van der Waals surface area contributed by atoms with Gasteiger partial charge < -0.3 is 10.5 Å². The summed E-state index contributed by atoms with van der Waals surface area (Å²) in [5.74, 6) is 0. The average Bonchev–Trinajstić information content (AvgIpc) is 2.16. The van der Waals surface area contributed by atoms with Gasteiger partial charge in [-0.2, -0.15) is 0 Å². The SMILES string of the molecule is COCCCCNS(=O)(=O)C(C)C(N)=S. The Morgan fingerprint density at radius 3 is 2.60 bits per heavy atom. The van der Waals surface area contributed by atoms with Gasteiger partial charge in [-0.15, -0.1) is 0 Å². The molecule has 3 N–H and O–H groups in total. The molecule has 0 saturated carbocycles. The number of unbranched alkanes of at least 4 members (excludes halogenated alkanes) is 1. The van der Waals surface area contributed by atoms with Crippen molar-refractivity contribution < 1.29 is 13.2 Å². The smallest absolute Gasteiger partial charge is 0.220 e.